The van der Waals surface area contributed by atoms with Crippen LogP contribution in [0.5, 0.6) is 0 Å². The molecule has 1 aromatic carbocycles. The lowest BCUT2D eigenvalue weighted by atomic mass is 9.74. The Bertz CT molecular complexity index is 447. The minimum absolute atomic E-state index is 0.170. The minimum Gasteiger partial charge on any atom is -0.325 e. The lowest BCUT2D eigenvalue weighted by molar-refractivity contribution is -0.121. The van der Waals surface area contributed by atoms with Crippen molar-refractivity contribution in [1.29, 1.82) is 0 Å². The predicted octanol–water partition coefficient (Wildman–Crippen LogP) is 1.57. The molecule has 2 heterocycles. The van der Waals surface area contributed by atoms with Crippen LogP contribution >= 0.6 is 0 Å². The number of hydrogen-bond acceptors (Lipinski definition) is 2. The van der Waals surface area contributed by atoms with Crippen LogP contribution in [-0.4, -0.2) is 19.0 Å². The lowest BCUT2D eigenvalue weighted by Gasteiger charge is -2.33. The molecule has 0 saturated carbocycles. The molecule has 1 fully saturated rings. The molecule has 1 spiro atoms. The van der Waals surface area contributed by atoms with Crippen molar-refractivity contribution in [3.8, 4) is 0 Å². The zero-order valence-corrected chi connectivity index (χ0v) is 9.47. The summed E-state index contributed by atoms with van der Waals surface area (Å²) in [6.07, 6.45) is 2.03. The second kappa shape index (κ2) is 3.32. The van der Waals surface area contributed by atoms with E-state index in [0.717, 1.165) is 31.6 Å². The van der Waals surface area contributed by atoms with Gasteiger partial charge in [0, 0.05) is 12.2 Å². The van der Waals surface area contributed by atoms with Crippen molar-refractivity contribution in [3.05, 3.63) is 29.3 Å². The van der Waals surface area contributed by atoms with Gasteiger partial charge >= 0.3 is 0 Å². The van der Waals surface area contributed by atoms with Crippen LogP contribution < -0.4 is 10.6 Å². The number of piperidine rings is 1. The number of nitrogens with one attached hydrogen (secondary N) is 2. The zero-order valence-electron chi connectivity index (χ0n) is 9.47. The average molecular weight is 216 g/mol. The topological polar surface area (TPSA) is 41.1 Å². The number of anilines is 1. The van der Waals surface area contributed by atoms with E-state index in [0.29, 0.717) is 0 Å². The van der Waals surface area contributed by atoms with Gasteiger partial charge in [-0.3, -0.25) is 4.79 Å². The van der Waals surface area contributed by atoms with Gasteiger partial charge in [0.05, 0.1) is 5.41 Å². The van der Waals surface area contributed by atoms with Gasteiger partial charge in [-0.25, -0.2) is 0 Å². The number of aryl methyl sites for hydroxylation is 1. The maximum Gasteiger partial charge on any atom is 0.236 e. The van der Waals surface area contributed by atoms with Crippen LogP contribution in [0.2, 0.25) is 0 Å². The van der Waals surface area contributed by atoms with Crippen LogP contribution in [0.3, 0.4) is 0 Å². The summed E-state index contributed by atoms with van der Waals surface area (Å²) in [5.74, 6) is 0.170. The predicted molar refractivity (Wildman–Crippen MR) is 63.6 cm³/mol. The van der Waals surface area contributed by atoms with Gasteiger partial charge in [-0.15, -0.1) is 0 Å². The fourth-order valence-electron chi connectivity index (χ4n) is 3.08. The van der Waals surface area contributed by atoms with Gasteiger partial charge in [0.1, 0.15) is 0 Å². The minimum atomic E-state index is -0.307. The highest BCUT2D eigenvalue weighted by atomic mass is 16.2. The molecule has 0 unspecified atom stereocenters. The number of benzene rings is 1. The Labute approximate surface area is 95.2 Å². The summed E-state index contributed by atoms with van der Waals surface area (Å²) in [6.45, 7) is 3.89. The van der Waals surface area contributed by atoms with E-state index in [1.165, 1.54) is 11.1 Å². The fourth-order valence-corrected chi connectivity index (χ4v) is 3.08. The summed E-state index contributed by atoms with van der Waals surface area (Å²) in [7, 11) is 0. The number of rotatable bonds is 0. The highest BCUT2D eigenvalue weighted by Crippen LogP contribution is 2.43. The van der Waals surface area contributed by atoms with E-state index in [1.54, 1.807) is 0 Å². The first-order valence-electron chi connectivity index (χ1n) is 5.86. The molecule has 84 valence electrons. The van der Waals surface area contributed by atoms with Gasteiger partial charge in [-0.05, 0) is 43.5 Å². The maximum atomic E-state index is 12.2. The van der Waals surface area contributed by atoms with Crippen LogP contribution in [-0.2, 0) is 10.2 Å². The van der Waals surface area contributed by atoms with Crippen molar-refractivity contribution in [2.24, 2.45) is 0 Å². The molecule has 0 aliphatic carbocycles. The molecule has 0 radical (unpaired) electrons. The lowest BCUT2D eigenvalue weighted by Crippen LogP contribution is -2.48. The molecule has 1 atom stereocenters. The second-order valence-electron chi connectivity index (χ2n) is 4.81. The summed E-state index contributed by atoms with van der Waals surface area (Å²) in [5, 5.41) is 6.38. The highest BCUT2D eigenvalue weighted by Gasteiger charge is 2.47. The Hall–Kier alpha value is -1.35. The molecule has 3 heteroatoms. The molecular weight excluding hydrogens is 200 g/mol. The van der Waals surface area contributed by atoms with Crippen molar-refractivity contribution < 1.29 is 4.79 Å². The molecule has 1 aromatic rings. The third-order valence-electron chi connectivity index (χ3n) is 3.82. The normalized spacial score (nSPS) is 27.9. The first kappa shape index (κ1) is 9.85. The van der Waals surface area contributed by atoms with E-state index in [-0.39, 0.29) is 11.3 Å². The third kappa shape index (κ3) is 1.15. The van der Waals surface area contributed by atoms with Gasteiger partial charge < -0.3 is 10.6 Å². The first-order valence-corrected chi connectivity index (χ1v) is 5.86. The number of amides is 1. The summed E-state index contributed by atoms with van der Waals surface area (Å²) in [6, 6.07) is 6.10. The largest absolute Gasteiger partial charge is 0.325 e. The van der Waals surface area contributed by atoms with Gasteiger partial charge in [0.2, 0.25) is 5.91 Å². The molecule has 0 aromatic heterocycles. The average Bonchev–Trinajstić information content (AvgIpc) is 2.55. The molecule has 2 aliphatic rings. The Morgan fingerprint density at radius 1 is 1.38 bits per heavy atom. The van der Waals surface area contributed by atoms with E-state index in [4.69, 9.17) is 0 Å². The number of carbonyl (C=O) groups excluding carboxylic acids is 1. The molecule has 3 nitrogen and oxygen atoms in total. The van der Waals surface area contributed by atoms with Crippen LogP contribution in [0.25, 0.3) is 0 Å². The molecule has 1 amide bonds. The van der Waals surface area contributed by atoms with Crippen molar-refractivity contribution in [2.45, 2.75) is 25.2 Å². The van der Waals surface area contributed by atoms with Crippen molar-refractivity contribution in [2.75, 3.05) is 18.4 Å². The summed E-state index contributed by atoms with van der Waals surface area (Å²) >= 11 is 0. The first-order chi connectivity index (χ1) is 7.74. The third-order valence-corrected chi connectivity index (χ3v) is 3.82. The quantitative estimate of drug-likeness (QED) is 0.691. The van der Waals surface area contributed by atoms with Crippen LogP contribution in [0, 0.1) is 6.92 Å². The van der Waals surface area contributed by atoms with Crippen LogP contribution in [0.15, 0.2) is 18.2 Å². The van der Waals surface area contributed by atoms with Crippen LogP contribution in [0.4, 0.5) is 5.69 Å². The van der Waals surface area contributed by atoms with E-state index >= 15 is 0 Å². The Balaban J connectivity index is 2.17. The maximum absolute atomic E-state index is 12.2. The standard InChI is InChI=1S/C13H16N2O/c1-9-4-2-5-10-11(9)13(12(16)15-10)6-3-7-14-8-13/h2,4-5,14H,3,6-8H2,1H3,(H,15,16)/t13-/m1/s1. The fraction of sp³-hybridized carbons (Fsp3) is 0.462. The molecule has 1 saturated heterocycles. The van der Waals surface area contributed by atoms with Gasteiger partial charge in [0.25, 0.3) is 0 Å². The van der Waals surface area contributed by atoms with E-state index in [1.807, 2.05) is 12.1 Å². The zero-order chi connectivity index (χ0) is 11.2. The molecule has 2 aliphatic heterocycles. The summed E-state index contributed by atoms with van der Waals surface area (Å²) in [4.78, 5) is 12.2. The molecule has 16 heavy (non-hydrogen) atoms. The molecule has 0 bridgehead atoms. The van der Waals surface area contributed by atoms with Gasteiger partial charge in [-0.2, -0.15) is 0 Å². The number of carbonyl (C=O) groups is 1. The smallest absolute Gasteiger partial charge is 0.236 e. The van der Waals surface area contributed by atoms with Crippen molar-refractivity contribution in [3.63, 3.8) is 0 Å². The van der Waals surface area contributed by atoms with Crippen molar-refractivity contribution >= 4 is 11.6 Å². The van der Waals surface area contributed by atoms with Crippen molar-refractivity contribution in [1.82, 2.24) is 5.32 Å². The summed E-state index contributed by atoms with van der Waals surface area (Å²) < 4.78 is 0. The van der Waals surface area contributed by atoms with E-state index in [2.05, 4.69) is 23.6 Å². The van der Waals surface area contributed by atoms with Crippen LogP contribution in [0.1, 0.15) is 24.0 Å². The second-order valence-corrected chi connectivity index (χ2v) is 4.81. The molecular formula is C13H16N2O. The number of hydrogen-bond donors (Lipinski definition) is 2. The highest BCUT2D eigenvalue weighted by molar-refractivity contribution is 6.07. The molecule has 3 rings (SSSR count). The summed E-state index contributed by atoms with van der Waals surface area (Å²) in [5.41, 5.74) is 3.14. The monoisotopic (exact) mass is 216 g/mol. The molecule has 2 N–H and O–H groups in total. The van der Waals surface area contributed by atoms with E-state index < -0.39 is 0 Å². The van der Waals surface area contributed by atoms with E-state index in [9.17, 15) is 4.79 Å². The van der Waals surface area contributed by atoms with Gasteiger partial charge in [-0.1, -0.05) is 12.1 Å². The Morgan fingerprint density at radius 3 is 3.00 bits per heavy atom. The Morgan fingerprint density at radius 2 is 2.25 bits per heavy atom. The SMILES string of the molecule is Cc1cccc2c1[C@]1(CCCNC1)C(=O)N2. The van der Waals surface area contributed by atoms with Gasteiger partial charge in [0.15, 0.2) is 0 Å². The Kier molecular flexibility index (Phi) is 2.04. The number of fused-ring (bicyclic) bond motifs is 2.